The largest absolute Gasteiger partial charge is 0.573 e. The normalized spacial score (nSPS) is 11.5. The molecule has 15 heavy (non-hydrogen) atoms. The van der Waals surface area contributed by atoms with E-state index in [0.29, 0.717) is 6.61 Å². The quantitative estimate of drug-likeness (QED) is 0.846. The summed E-state index contributed by atoms with van der Waals surface area (Å²) in [7, 11) is 1.51. The molecule has 2 nitrogen and oxygen atoms in total. The van der Waals surface area contributed by atoms with Crippen molar-refractivity contribution in [1.29, 1.82) is 0 Å². The van der Waals surface area contributed by atoms with Gasteiger partial charge in [-0.25, -0.2) is 0 Å². The molecule has 84 valence electrons. The molecule has 1 aromatic carbocycles. The van der Waals surface area contributed by atoms with Crippen molar-refractivity contribution in [3.05, 3.63) is 28.2 Å². The van der Waals surface area contributed by atoms with Crippen LogP contribution in [0.25, 0.3) is 0 Å². The summed E-state index contributed by atoms with van der Waals surface area (Å²) in [5, 5.41) is 0. The third-order valence-electron chi connectivity index (χ3n) is 1.53. The summed E-state index contributed by atoms with van der Waals surface area (Å²) in [6, 6.07) is 4.27. The molecule has 1 aromatic rings. The van der Waals surface area contributed by atoms with Crippen LogP contribution in [0.2, 0.25) is 0 Å². The Labute approximate surface area is 93.1 Å². The zero-order chi connectivity index (χ0) is 11.5. The van der Waals surface area contributed by atoms with Crippen molar-refractivity contribution in [2.45, 2.75) is 13.0 Å². The predicted molar refractivity (Wildman–Crippen MR) is 51.5 cm³/mol. The maximum absolute atomic E-state index is 11.9. The fourth-order valence-corrected chi connectivity index (χ4v) is 1.52. The van der Waals surface area contributed by atoms with E-state index in [4.69, 9.17) is 4.74 Å². The number of benzene rings is 1. The van der Waals surface area contributed by atoms with E-state index in [-0.39, 0.29) is 10.2 Å². The number of halogens is 4. The Morgan fingerprint density at radius 1 is 1.33 bits per heavy atom. The third-order valence-corrected chi connectivity index (χ3v) is 2.15. The highest BCUT2D eigenvalue weighted by molar-refractivity contribution is 9.10. The van der Waals surface area contributed by atoms with Crippen molar-refractivity contribution in [3.63, 3.8) is 0 Å². The first-order chi connectivity index (χ1) is 6.92. The molecule has 0 saturated heterocycles. The van der Waals surface area contributed by atoms with Gasteiger partial charge in [-0.3, -0.25) is 0 Å². The van der Waals surface area contributed by atoms with Gasteiger partial charge < -0.3 is 9.47 Å². The monoisotopic (exact) mass is 284 g/mol. The smallest absolute Gasteiger partial charge is 0.405 e. The lowest BCUT2D eigenvalue weighted by molar-refractivity contribution is -0.274. The number of alkyl halides is 3. The SMILES string of the molecule is COCc1ccc(OC(F)(F)F)c(Br)c1. The molecule has 0 heterocycles. The van der Waals surface area contributed by atoms with Gasteiger partial charge >= 0.3 is 6.36 Å². The second-order valence-corrected chi connectivity index (χ2v) is 3.60. The number of hydrogen-bond donors (Lipinski definition) is 0. The van der Waals surface area contributed by atoms with Crippen LogP contribution in [0.1, 0.15) is 5.56 Å². The molecule has 0 spiro atoms. The van der Waals surface area contributed by atoms with Crippen molar-refractivity contribution in [1.82, 2.24) is 0 Å². The lowest BCUT2D eigenvalue weighted by Gasteiger charge is -2.11. The second kappa shape index (κ2) is 4.85. The third kappa shape index (κ3) is 4.09. The molecule has 0 saturated carbocycles. The van der Waals surface area contributed by atoms with Crippen LogP contribution in [0.3, 0.4) is 0 Å². The zero-order valence-electron chi connectivity index (χ0n) is 7.77. The highest BCUT2D eigenvalue weighted by atomic mass is 79.9. The molecular weight excluding hydrogens is 277 g/mol. The first-order valence-corrected chi connectivity index (χ1v) is 4.75. The Balaban J connectivity index is 2.84. The molecule has 0 amide bonds. The minimum atomic E-state index is -4.68. The molecule has 0 bridgehead atoms. The molecule has 0 unspecified atom stereocenters. The Kier molecular flexibility index (Phi) is 3.98. The Morgan fingerprint density at radius 2 is 2.00 bits per heavy atom. The second-order valence-electron chi connectivity index (χ2n) is 2.75. The predicted octanol–water partition coefficient (Wildman–Crippen LogP) is 3.49. The molecule has 6 heteroatoms. The minimum absolute atomic E-state index is 0.245. The van der Waals surface area contributed by atoms with Gasteiger partial charge in [-0.1, -0.05) is 6.07 Å². The maximum atomic E-state index is 11.9. The summed E-state index contributed by atoms with van der Waals surface area (Å²) >= 11 is 2.99. The zero-order valence-corrected chi connectivity index (χ0v) is 9.35. The molecule has 0 radical (unpaired) electrons. The highest BCUT2D eigenvalue weighted by Crippen LogP contribution is 2.31. The number of methoxy groups -OCH3 is 1. The molecule has 0 aliphatic carbocycles. The fourth-order valence-electron chi connectivity index (χ4n) is 1.01. The van der Waals surface area contributed by atoms with Crippen molar-refractivity contribution < 1.29 is 22.6 Å². The molecule has 0 aromatic heterocycles. The standard InChI is InChI=1S/C9H8BrF3O2/c1-14-5-6-2-3-8(7(10)4-6)15-9(11,12)13/h2-4H,5H2,1H3. The topological polar surface area (TPSA) is 18.5 Å². The molecule has 0 N–H and O–H groups in total. The van der Waals surface area contributed by atoms with Crippen LogP contribution in [0, 0.1) is 0 Å². The highest BCUT2D eigenvalue weighted by Gasteiger charge is 2.31. The van der Waals surface area contributed by atoms with E-state index in [2.05, 4.69) is 20.7 Å². The summed E-state index contributed by atoms with van der Waals surface area (Å²) in [5.41, 5.74) is 0.763. The van der Waals surface area contributed by atoms with Gasteiger partial charge in [0.05, 0.1) is 11.1 Å². The van der Waals surface area contributed by atoms with Crippen LogP contribution in [0.5, 0.6) is 5.75 Å². The van der Waals surface area contributed by atoms with E-state index in [1.165, 1.54) is 25.3 Å². The van der Waals surface area contributed by atoms with Gasteiger partial charge in [0.2, 0.25) is 0 Å². The van der Waals surface area contributed by atoms with E-state index < -0.39 is 6.36 Å². The minimum Gasteiger partial charge on any atom is -0.405 e. The summed E-state index contributed by atoms with van der Waals surface area (Å²) in [6.07, 6.45) is -4.68. The van der Waals surface area contributed by atoms with Crippen molar-refractivity contribution in [3.8, 4) is 5.75 Å². The number of rotatable bonds is 3. The van der Waals surface area contributed by atoms with Crippen LogP contribution in [0.15, 0.2) is 22.7 Å². The molecule has 0 aliphatic heterocycles. The fraction of sp³-hybridized carbons (Fsp3) is 0.333. The van der Waals surface area contributed by atoms with Crippen molar-refractivity contribution in [2.24, 2.45) is 0 Å². The first-order valence-electron chi connectivity index (χ1n) is 3.95. The van der Waals surface area contributed by atoms with E-state index in [1.807, 2.05) is 0 Å². The van der Waals surface area contributed by atoms with Gasteiger partial charge in [0.1, 0.15) is 5.75 Å². The summed E-state index contributed by atoms with van der Waals surface area (Å²) < 4.78 is 44.6. The first kappa shape index (κ1) is 12.3. The van der Waals surface area contributed by atoms with Gasteiger partial charge in [0.25, 0.3) is 0 Å². The molecule has 0 atom stereocenters. The van der Waals surface area contributed by atoms with E-state index >= 15 is 0 Å². The van der Waals surface area contributed by atoms with Gasteiger partial charge in [-0.15, -0.1) is 13.2 Å². The number of hydrogen-bond acceptors (Lipinski definition) is 2. The Bertz CT molecular complexity index is 339. The van der Waals surface area contributed by atoms with Gasteiger partial charge in [0, 0.05) is 7.11 Å². The molecule has 0 fully saturated rings. The lowest BCUT2D eigenvalue weighted by Crippen LogP contribution is -2.17. The average molecular weight is 285 g/mol. The summed E-state index contributed by atoms with van der Waals surface area (Å²) in [5.74, 6) is -0.262. The molecular formula is C9H8BrF3O2. The molecule has 1 rings (SSSR count). The van der Waals surface area contributed by atoms with E-state index in [0.717, 1.165) is 5.56 Å². The van der Waals surface area contributed by atoms with E-state index in [1.54, 1.807) is 0 Å². The van der Waals surface area contributed by atoms with Gasteiger partial charge in [-0.05, 0) is 33.6 Å². The summed E-state index contributed by atoms with van der Waals surface area (Å²) in [6.45, 7) is 0.338. The van der Waals surface area contributed by atoms with Crippen LogP contribution in [-0.2, 0) is 11.3 Å². The van der Waals surface area contributed by atoms with Crippen LogP contribution in [-0.4, -0.2) is 13.5 Å². The van der Waals surface area contributed by atoms with Crippen molar-refractivity contribution in [2.75, 3.05) is 7.11 Å². The van der Waals surface area contributed by atoms with Crippen LogP contribution < -0.4 is 4.74 Å². The lowest BCUT2D eigenvalue weighted by atomic mass is 10.2. The Morgan fingerprint density at radius 3 is 2.47 bits per heavy atom. The van der Waals surface area contributed by atoms with Crippen LogP contribution >= 0.6 is 15.9 Å². The summed E-state index contributed by atoms with van der Waals surface area (Å²) in [4.78, 5) is 0. The van der Waals surface area contributed by atoms with E-state index in [9.17, 15) is 13.2 Å². The number of ether oxygens (including phenoxy) is 2. The Hall–Kier alpha value is -0.750. The van der Waals surface area contributed by atoms with Gasteiger partial charge in [0.15, 0.2) is 0 Å². The van der Waals surface area contributed by atoms with Crippen molar-refractivity contribution >= 4 is 15.9 Å². The van der Waals surface area contributed by atoms with Gasteiger partial charge in [-0.2, -0.15) is 0 Å². The molecule has 0 aliphatic rings. The maximum Gasteiger partial charge on any atom is 0.573 e. The van der Waals surface area contributed by atoms with Crippen LogP contribution in [0.4, 0.5) is 13.2 Å². The average Bonchev–Trinajstić information content (AvgIpc) is 2.08.